The molecule has 5 heteroatoms. The molecule has 2 atom stereocenters. The van der Waals surface area contributed by atoms with Gasteiger partial charge in [0, 0.05) is 12.6 Å². The van der Waals surface area contributed by atoms with Crippen LogP contribution in [0.25, 0.3) is 0 Å². The van der Waals surface area contributed by atoms with E-state index >= 15 is 0 Å². The molecule has 0 amide bonds. The molecule has 1 aliphatic rings. The van der Waals surface area contributed by atoms with Gasteiger partial charge in [0.1, 0.15) is 0 Å². The number of carbonyl (C=O) groups is 2. The van der Waals surface area contributed by atoms with Crippen LogP contribution >= 0.6 is 0 Å². The Bertz CT molecular complexity index is 182. The Kier molecular flexibility index (Phi) is 2.65. The zero-order valence-corrected chi connectivity index (χ0v) is 6.49. The van der Waals surface area contributed by atoms with E-state index in [0.29, 0.717) is 6.54 Å². The Labute approximate surface area is 69.4 Å². The first-order valence-electron chi connectivity index (χ1n) is 3.76. The Morgan fingerprint density at radius 2 is 1.83 bits per heavy atom. The lowest BCUT2D eigenvalue weighted by Crippen LogP contribution is -2.54. The molecule has 1 saturated heterocycles. The molecule has 68 valence electrons. The van der Waals surface area contributed by atoms with Gasteiger partial charge < -0.3 is 15.5 Å². The maximum atomic E-state index is 10.3. The standard InChI is InChI=1S/C7H11NO4/c9-6(10)1-4-3-8-5(4)2-7(11)12/h4-5,8H,1-3H2,(H,9,10)(H,11,12). The molecular weight excluding hydrogens is 162 g/mol. The lowest BCUT2D eigenvalue weighted by atomic mass is 9.86. The van der Waals surface area contributed by atoms with Crippen molar-refractivity contribution in [1.82, 2.24) is 5.32 Å². The first-order chi connectivity index (χ1) is 5.59. The normalized spacial score (nSPS) is 27.7. The van der Waals surface area contributed by atoms with Crippen molar-refractivity contribution in [3.05, 3.63) is 0 Å². The van der Waals surface area contributed by atoms with Gasteiger partial charge in [-0.3, -0.25) is 9.59 Å². The maximum Gasteiger partial charge on any atom is 0.304 e. The van der Waals surface area contributed by atoms with Crippen molar-refractivity contribution < 1.29 is 19.8 Å². The fraction of sp³-hybridized carbons (Fsp3) is 0.714. The van der Waals surface area contributed by atoms with Crippen molar-refractivity contribution >= 4 is 11.9 Å². The lowest BCUT2D eigenvalue weighted by Gasteiger charge is -2.36. The van der Waals surface area contributed by atoms with E-state index in [9.17, 15) is 9.59 Å². The summed E-state index contributed by atoms with van der Waals surface area (Å²) in [5.74, 6) is -1.77. The minimum atomic E-state index is -0.886. The number of carboxylic acids is 2. The molecule has 1 rings (SSSR count). The molecule has 12 heavy (non-hydrogen) atoms. The van der Waals surface area contributed by atoms with Gasteiger partial charge in [-0.1, -0.05) is 0 Å². The third kappa shape index (κ3) is 2.20. The van der Waals surface area contributed by atoms with E-state index in [1.54, 1.807) is 0 Å². The second-order valence-corrected chi connectivity index (χ2v) is 2.97. The van der Waals surface area contributed by atoms with Crippen molar-refractivity contribution in [3.8, 4) is 0 Å². The third-order valence-corrected chi connectivity index (χ3v) is 2.04. The molecule has 1 fully saturated rings. The highest BCUT2D eigenvalue weighted by molar-refractivity contribution is 5.69. The van der Waals surface area contributed by atoms with E-state index < -0.39 is 11.9 Å². The van der Waals surface area contributed by atoms with E-state index in [1.807, 2.05) is 0 Å². The molecule has 1 aliphatic heterocycles. The van der Waals surface area contributed by atoms with Gasteiger partial charge in [-0.25, -0.2) is 0 Å². The van der Waals surface area contributed by atoms with Crippen LogP contribution in [0.1, 0.15) is 12.8 Å². The average Bonchev–Trinajstić information content (AvgIpc) is 1.93. The first-order valence-corrected chi connectivity index (χ1v) is 3.76. The molecule has 2 unspecified atom stereocenters. The molecule has 5 nitrogen and oxygen atoms in total. The van der Waals surface area contributed by atoms with E-state index in [1.165, 1.54) is 0 Å². The molecular formula is C7H11NO4. The van der Waals surface area contributed by atoms with E-state index in [4.69, 9.17) is 10.2 Å². The molecule has 0 spiro atoms. The van der Waals surface area contributed by atoms with Gasteiger partial charge in [-0.05, 0) is 5.92 Å². The Morgan fingerprint density at radius 3 is 2.17 bits per heavy atom. The number of rotatable bonds is 4. The molecule has 0 aliphatic carbocycles. The second-order valence-electron chi connectivity index (χ2n) is 2.97. The van der Waals surface area contributed by atoms with Crippen LogP contribution in [0.5, 0.6) is 0 Å². The quantitative estimate of drug-likeness (QED) is 0.534. The van der Waals surface area contributed by atoms with Gasteiger partial charge in [-0.2, -0.15) is 0 Å². The van der Waals surface area contributed by atoms with Crippen LogP contribution in [0.3, 0.4) is 0 Å². The van der Waals surface area contributed by atoms with E-state index in [-0.39, 0.29) is 24.8 Å². The van der Waals surface area contributed by atoms with E-state index in [2.05, 4.69) is 5.32 Å². The van der Waals surface area contributed by atoms with Gasteiger partial charge >= 0.3 is 11.9 Å². The Hall–Kier alpha value is -1.10. The zero-order chi connectivity index (χ0) is 9.14. The fourth-order valence-electron chi connectivity index (χ4n) is 1.32. The van der Waals surface area contributed by atoms with Gasteiger partial charge in [0.15, 0.2) is 0 Å². The van der Waals surface area contributed by atoms with Gasteiger partial charge in [0.25, 0.3) is 0 Å². The topological polar surface area (TPSA) is 86.6 Å². The molecule has 0 aromatic carbocycles. The molecule has 1 heterocycles. The summed E-state index contributed by atoms with van der Waals surface area (Å²) in [7, 11) is 0. The minimum absolute atomic E-state index is 0.0119. The molecule has 0 saturated carbocycles. The second kappa shape index (κ2) is 3.53. The summed E-state index contributed by atoms with van der Waals surface area (Å²) in [5.41, 5.74) is 0. The summed E-state index contributed by atoms with van der Waals surface area (Å²) in [5, 5.41) is 19.7. The summed E-state index contributed by atoms with van der Waals surface area (Å²) in [6.07, 6.45) is 0.0723. The third-order valence-electron chi connectivity index (χ3n) is 2.04. The summed E-state index contributed by atoms with van der Waals surface area (Å²) in [6, 6.07) is -0.154. The predicted octanol–water partition coefficient (Wildman–Crippen LogP) is -0.476. The highest BCUT2D eigenvalue weighted by Gasteiger charge is 2.33. The van der Waals surface area contributed by atoms with E-state index in [0.717, 1.165) is 0 Å². The summed E-state index contributed by atoms with van der Waals surface area (Å²) < 4.78 is 0. The van der Waals surface area contributed by atoms with Crippen molar-refractivity contribution in [1.29, 1.82) is 0 Å². The zero-order valence-electron chi connectivity index (χ0n) is 6.49. The minimum Gasteiger partial charge on any atom is -0.481 e. The molecule has 0 bridgehead atoms. The predicted molar refractivity (Wildman–Crippen MR) is 39.8 cm³/mol. The van der Waals surface area contributed by atoms with Crippen LogP contribution in [0.2, 0.25) is 0 Å². The molecule has 3 N–H and O–H groups in total. The highest BCUT2D eigenvalue weighted by Crippen LogP contribution is 2.19. The fourth-order valence-corrected chi connectivity index (χ4v) is 1.32. The van der Waals surface area contributed by atoms with Gasteiger partial charge in [0.05, 0.1) is 12.8 Å². The van der Waals surface area contributed by atoms with Crippen LogP contribution in [-0.2, 0) is 9.59 Å². The maximum absolute atomic E-state index is 10.3. The van der Waals surface area contributed by atoms with Gasteiger partial charge in [0.2, 0.25) is 0 Å². The number of hydrogen-bond acceptors (Lipinski definition) is 3. The molecule has 0 radical (unpaired) electrons. The smallest absolute Gasteiger partial charge is 0.304 e. The van der Waals surface area contributed by atoms with Crippen molar-refractivity contribution in [2.45, 2.75) is 18.9 Å². The summed E-state index contributed by atoms with van der Waals surface area (Å²) in [6.45, 7) is 0.615. The van der Waals surface area contributed by atoms with Crippen molar-refractivity contribution in [3.63, 3.8) is 0 Å². The number of hydrogen-bond donors (Lipinski definition) is 3. The number of nitrogens with one attached hydrogen (secondary N) is 1. The highest BCUT2D eigenvalue weighted by atomic mass is 16.4. The van der Waals surface area contributed by atoms with Crippen LogP contribution < -0.4 is 5.32 Å². The molecule has 0 aromatic heterocycles. The van der Waals surface area contributed by atoms with Crippen molar-refractivity contribution in [2.75, 3.05) is 6.54 Å². The SMILES string of the molecule is O=C(O)CC1CNC1CC(=O)O. The van der Waals surface area contributed by atoms with Crippen LogP contribution in [0.4, 0.5) is 0 Å². The largest absolute Gasteiger partial charge is 0.481 e. The molecule has 0 aromatic rings. The number of carboxylic acid groups (broad SMARTS) is 2. The van der Waals surface area contributed by atoms with Crippen LogP contribution in [0, 0.1) is 5.92 Å². The summed E-state index contributed by atoms with van der Waals surface area (Å²) in [4.78, 5) is 20.5. The Balaban J connectivity index is 2.29. The summed E-state index contributed by atoms with van der Waals surface area (Å²) >= 11 is 0. The Morgan fingerprint density at radius 1 is 1.25 bits per heavy atom. The van der Waals surface area contributed by atoms with Crippen LogP contribution in [0.15, 0.2) is 0 Å². The van der Waals surface area contributed by atoms with Crippen molar-refractivity contribution in [2.24, 2.45) is 5.92 Å². The number of aliphatic carboxylic acids is 2. The lowest BCUT2D eigenvalue weighted by molar-refractivity contribution is -0.142. The van der Waals surface area contributed by atoms with Gasteiger partial charge in [-0.15, -0.1) is 0 Å². The monoisotopic (exact) mass is 173 g/mol. The first kappa shape index (κ1) is 8.99. The van der Waals surface area contributed by atoms with Crippen LogP contribution in [-0.4, -0.2) is 34.7 Å². The average molecular weight is 173 g/mol.